The minimum absolute atomic E-state index is 0.507. The number of hydrogen-bond donors (Lipinski definition) is 2. The first-order chi connectivity index (χ1) is 6.63. The first kappa shape index (κ1) is 11.2. The van der Waals surface area contributed by atoms with Crippen molar-refractivity contribution in [2.75, 3.05) is 0 Å². The molecule has 0 amide bonds. The van der Waals surface area contributed by atoms with Crippen LogP contribution >= 0.6 is 0 Å². The summed E-state index contributed by atoms with van der Waals surface area (Å²) < 4.78 is 0. The molecule has 1 heterocycles. The number of rotatable bonds is 5. The highest BCUT2D eigenvalue weighted by Gasteiger charge is 2.06. The van der Waals surface area contributed by atoms with Gasteiger partial charge in [0.25, 0.3) is 0 Å². The van der Waals surface area contributed by atoms with Gasteiger partial charge in [0.15, 0.2) is 0 Å². The smallest absolute Gasteiger partial charge is 0.120 e. The molecule has 0 aromatic carbocycles. The molecule has 1 atom stereocenters. The van der Waals surface area contributed by atoms with E-state index >= 15 is 0 Å². The average molecular weight is 195 g/mol. The summed E-state index contributed by atoms with van der Waals surface area (Å²) in [6.07, 6.45) is 3.10. The molecule has 1 unspecified atom stereocenters. The summed E-state index contributed by atoms with van der Waals surface area (Å²) in [5.74, 6) is 1.62. The van der Waals surface area contributed by atoms with Gasteiger partial charge in [-0.2, -0.15) is 0 Å². The van der Waals surface area contributed by atoms with Crippen molar-refractivity contribution in [3.8, 4) is 0 Å². The Morgan fingerprint density at radius 2 is 2.14 bits per heavy atom. The van der Waals surface area contributed by atoms with Gasteiger partial charge in [0.1, 0.15) is 5.82 Å². The molecule has 1 rings (SSSR count). The van der Waals surface area contributed by atoms with Crippen LogP contribution in [0, 0.1) is 0 Å². The van der Waals surface area contributed by atoms with Crippen LogP contribution < -0.4 is 5.32 Å². The van der Waals surface area contributed by atoms with Crippen molar-refractivity contribution in [3.05, 3.63) is 17.7 Å². The van der Waals surface area contributed by atoms with Crippen molar-refractivity contribution in [3.63, 3.8) is 0 Å². The third-order valence-electron chi connectivity index (χ3n) is 2.47. The van der Waals surface area contributed by atoms with E-state index in [1.165, 1.54) is 5.69 Å². The van der Waals surface area contributed by atoms with E-state index < -0.39 is 0 Å². The van der Waals surface area contributed by atoms with Crippen molar-refractivity contribution in [2.24, 2.45) is 0 Å². The largest absolute Gasteiger partial charge is 0.345 e. The predicted molar refractivity (Wildman–Crippen MR) is 59.3 cm³/mol. The fraction of sp³-hybridized carbons (Fsp3) is 0.727. The van der Waals surface area contributed by atoms with Crippen molar-refractivity contribution in [2.45, 2.75) is 52.6 Å². The van der Waals surface area contributed by atoms with Gasteiger partial charge in [-0.05, 0) is 12.3 Å². The number of nitrogens with zero attached hydrogens (tertiary/aromatic N) is 1. The monoisotopic (exact) mass is 195 g/mol. The molecular formula is C11H21N3. The van der Waals surface area contributed by atoms with Crippen LogP contribution in [0.1, 0.15) is 51.6 Å². The van der Waals surface area contributed by atoms with Gasteiger partial charge in [0.05, 0.1) is 6.54 Å². The molecule has 2 N–H and O–H groups in total. The highest BCUT2D eigenvalue weighted by molar-refractivity contribution is 5.06. The second-order valence-corrected chi connectivity index (χ2v) is 4.13. The molecule has 3 nitrogen and oxygen atoms in total. The zero-order valence-corrected chi connectivity index (χ0v) is 9.59. The Hall–Kier alpha value is -0.830. The summed E-state index contributed by atoms with van der Waals surface area (Å²) in [6, 6.07) is 0.507. The summed E-state index contributed by atoms with van der Waals surface area (Å²) in [4.78, 5) is 7.68. The zero-order chi connectivity index (χ0) is 10.6. The standard InChI is InChI=1S/C11H21N3/c1-5-9(4)10-6-13-11(14-10)7-12-8(2)3/h6,8-9,12H,5,7H2,1-4H3,(H,13,14). The Morgan fingerprint density at radius 1 is 1.43 bits per heavy atom. The lowest BCUT2D eigenvalue weighted by molar-refractivity contribution is 0.573. The molecule has 0 radical (unpaired) electrons. The fourth-order valence-electron chi connectivity index (χ4n) is 1.24. The maximum absolute atomic E-state index is 4.34. The van der Waals surface area contributed by atoms with E-state index in [0.717, 1.165) is 18.8 Å². The molecule has 1 aromatic heterocycles. The highest BCUT2D eigenvalue weighted by atomic mass is 15.0. The molecule has 80 valence electrons. The van der Waals surface area contributed by atoms with Gasteiger partial charge in [-0.1, -0.05) is 27.7 Å². The molecular weight excluding hydrogens is 174 g/mol. The molecule has 0 saturated carbocycles. The molecule has 14 heavy (non-hydrogen) atoms. The van der Waals surface area contributed by atoms with Gasteiger partial charge >= 0.3 is 0 Å². The number of H-pyrrole nitrogens is 1. The predicted octanol–water partition coefficient (Wildman–Crippen LogP) is 2.42. The lowest BCUT2D eigenvalue weighted by Crippen LogP contribution is -2.22. The molecule has 1 aromatic rings. The van der Waals surface area contributed by atoms with E-state index in [1.54, 1.807) is 0 Å². The van der Waals surface area contributed by atoms with Crippen LogP contribution in [0.25, 0.3) is 0 Å². The molecule has 0 fully saturated rings. The number of nitrogens with one attached hydrogen (secondary N) is 2. The van der Waals surface area contributed by atoms with E-state index in [1.807, 2.05) is 6.20 Å². The topological polar surface area (TPSA) is 40.7 Å². The van der Waals surface area contributed by atoms with E-state index in [-0.39, 0.29) is 0 Å². The Labute approximate surface area is 86.3 Å². The summed E-state index contributed by atoms with van der Waals surface area (Å²) in [5, 5.41) is 3.34. The quantitative estimate of drug-likeness (QED) is 0.757. The normalized spacial score (nSPS) is 13.5. The number of imidazole rings is 1. The van der Waals surface area contributed by atoms with Crippen LogP contribution in [0.15, 0.2) is 6.20 Å². The van der Waals surface area contributed by atoms with Crippen LogP contribution in [0.4, 0.5) is 0 Å². The lowest BCUT2D eigenvalue weighted by Gasteiger charge is -2.06. The third kappa shape index (κ3) is 3.14. The SMILES string of the molecule is CCC(C)c1cnc(CNC(C)C)[nH]1. The van der Waals surface area contributed by atoms with Gasteiger partial charge in [0, 0.05) is 17.9 Å². The Balaban J connectivity index is 2.50. The van der Waals surface area contributed by atoms with E-state index in [0.29, 0.717) is 12.0 Å². The minimum Gasteiger partial charge on any atom is -0.345 e. The van der Waals surface area contributed by atoms with Crippen LogP contribution in [0.5, 0.6) is 0 Å². The second-order valence-electron chi connectivity index (χ2n) is 4.13. The van der Waals surface area contributed by atoms with Crippen LogP contribution in [0.3, 0.4) is 0 Å². The number of aromatic amines is 1. The van der Waals surface area contributed by atoms with Gasteiger partial charge < -0.3 is 10.3 Å². The second kappa shape index (κ2) is 5.15. The molecule has 0 saturated heterocycles. The molecule has 0 aliphatic heterocycles. The Kier molecular flexibility index (Phi) is 4.14. The van der Waals surface area contributed by atoms with Crippen LogP contribution in [-0.2, 0) is 6.54 Å². The molecule has 3 heteroatoms. The maximum Gasteiger partial charge on any atom is 0.120 e. The highest BCUT2D eigenvalue weighted by Crippen LogP contribution is 2.15. The third-order valence-corrected chi connectivity index (χ3v) is 2.47. The first-order valence-corrected chi connectivity index (χ1v) is 5.40. The summed E-state index contributed by atoms with van der Waals surface area (Å²) in [7, 11) is 0. The van der Waals surface area contributed by atoms with Crippen molar-refractivity contribution < 1.29 is 0 Å². The number of aromatic nitrogens is 2. The summed E-state index contributed by atoms with van der Waals surface area (Å²) in [6.45, 7) is 9.51. The molecule has 0 aliphatic rings. The van der Waals surface area contributed by atoms with E-state index in [9.17, 15) is 0 Å². The molecule has 0 spiro atoms. The summed E-state index contributed by atoms with van der Waals surface area (Å²) in [5.41, 5.74) is 1.24. The lowest BCUT2D eigenvalue weighted by atomic mass is 10.1. The van der Waals surface area contributed by atoms with Crippen molar-refractivity contribution in [1.29, 1.82) is 0 Å². The van der Waals surface area contributed by atoms with Crippen LogP contribution in [0.2, 0.25) is 0 Å². The minimum atomic E-state index is 0.507. The van der Waals surface area contributed by atoms with Gasteiger partial charge in [0.2, 0.25) is 0 Å². The van der Waals surface area contributed by atoms with Crippen molar-refractivity contribution in [1.82, 2.24) is 15.3 Å². The van der Waals surface area contributed by atoms with E-state index in [2.05, 4.69) is 43.0 Å². The Morgan fingerprint density at radius 3 is 2.71 bits per heavy atom. The average Bonchev–Trinajstić information content (AvgIpc) is 2.62. The fourth-order valence-corrected chi connectivity index (χ4v) is 1.24. The van der Waals surface area contributed by atoms with E-state index in [4.69, 9.17) is 0 Å². The summed E-state index contributed by atoms with van der Waals surface area (Å²) >= 11 is 0. The molecule has 0 bridgehead atoms. The Bertz CT molecular complexity index is 265. The van der Waals surface area contributed by atoms with Gasteiger partial charge in [-0.25, -0.2) is 4.98 Å². The van der Waals surface area contributed by atoms with Crippen molar-refractivity contribution >= 4 is 0 Å². The molecule has 0 aliphatic carbocycles. The number of hydrogen-bond acceptors (Lipinski definition) is 2. The first-order valence-electron chi connectivity index (χ1n) is 5.40. The zero-order valence-electron chi connectivity index (χ0n) is 9.59. The van der Waals surface area contributed by atoms with Gasteiger partial charge in [-0.15, -0.1) is 0 Å². The van der Waals surface area contributed by atoms with Crippen LogP contribution in [-0.4, -0.2) is 16.0 Å². The maximum atomic E-state index is 4.34. The van der Waals surface area contributed by atoms with Gasteiger partial charge in [-0.3, -0.25) is 0 Å².